The van der Waals surface area contributed by atoms with Crippen molar-refractivity contribution in [3.63, 3.8) is 0 Å². The number of H-pyrrole nitrogens is 1. The molecule has 5 atom stereocenters. The van der Waals surface area contributed by atoms with Crippen molar-refractivity contribution in [2.75, 3.05) is 24.7 Å². The number of hydrogen-bond acceptors (Lipinski definition) is 11. The molecule has 1 aliphatic heterocycles. The number of aliphatic hydroxyl groups excluding tert-OH is 1. The first-order chi connectivity index (χ1) is 16.4. The number of terminal acetylenes is 1. The van der Waals surface area contributed by atoms with Crippen molar-refractivity contribution in [1.29, 1.82) is 0 Å². The largest absolute Gasteiger partial charge is 0.386 e. The first-order valence-electron chi connectivity index (χ1n) is 10.6. The van der Waals surface area contributed by atoms with Crippen LogP contribution in [0.3, 0.4) is 0 Å². The molecule has 3 heterocycles. The van der Waals surface area contributed by atoms with Crippen LogP contribution in [0.4, 0.5) is 10.3 Å². The van der Waals surface area contributed by atoms with Crippen LogP contribution in [-0.2, 0) is 23.1 Å². The van der Waals surface area contributed by atoms with Crippen molar-refractivity contribution >= 4 is 42.2 Å². The van der Waals surface area contributed by atoms with Crippen molar-refractivity contribution < 1.29 is 32.6 Å². The lowest BCUT2D eigenvalue weighted by molar-refractivity contribution is -0.118. The van der Waals surface area contributed by atoms with Crippen molar-refractivity contribution in [3.05, 3.63) is 16.7 Å². The Balaban J connectivity index is 1.61. The highest BCUT2D eigenvalue weighted by atomic mass is 32.2. The lowest BCUT2D eigenvalue weighted by Gasteiger charge is -2.23. The summed E-state index contributed by atoms with van der Waals surface area (Å²) in [5.74, 6) is 1.93. The molecule has 192 valence electrons. The smallest absolute Gasteiger partial charge is 0.319 e. The number of ether oxygens (including phenoxy) is 1. The highest BCUT2D eigenvalue weighted by Gasteiger charge is 2.58. The number of carbonyl (C=O) groups excluding carboxylic acids is 1. The summed E-state index contributed by atoms with van der Waals surface area (Å²) < 4.78 is 44.6. The molecule has 2 unspecified atom stereocenters. The van der Waals surface area contributed by atoms with E-state index in [4.69, 9.17) is 25.9 Å². The Morgan fingerprint density at radius 3 is 2.91 bits per heavy atom. The summed E-state index contributed by atoms with van der Waals surface area (Å²) in [6.45, 7) is 5.09. The summed E-state index contributed by atoms with van der Waals surface area (Å²) in [5, 5.41) is 10.5. The number of aromatic nitrogens is 4. The van der Waals surface area contributed by atoms with Gasteiger partial charge in [0.2, 0.25) is 11.6 Å². The number of nitrogens with two attached hydrogens (primary N) is 1. The van der Waals surface area contributed by atoms with E-state index < -0.39 is 49.9 Å². The van der Waals surface area contributed by atoms with E-state index in [1.165, 1.54) is 0 Å². The number of hydrogen-bond donors (Lipinski definition) is 3. The highest BCUT2D eigenvalue weighted by Crippen LogP contribution is 2.43. The van der Waals surface area contributed by atoms with Gasteiger partial charge in [-0.05, 0) is 6.42 Å². The molecule has 0 aromatic carbocycles. The van der Waals surface area contributed by atoms with E-state index in [9.17, 15) is 19.3 Å². The Morgan fingerprint density at radius 1 is 1.54 bits per heavy atom. The molecular formula is C20H27FN5O7PS. The highest BCUT2D eigenvalue weighted by molar-refractivity contribution is 8.13. The van der Waals surface area contributed by atoms with E-state index in [1.54, 1.807) is 0 Å². The topological polar surface area (TPSA) is 172 Å². The predicted octanol–water partition coefficient (Wildman–Crippen LogP) is 1.42. The third kappa shape index (κ3) is 5.61. The van der Waals surface area contributed by atoms with Crippen LogP contribution < -0.4 is 11.3 Å². The van der Waals surface area contributed by atoms with Gasteiger partial charge in [-0.1, -0.05) is 38.5 Å². The van der Waals surface area contributed by atoms with E-state index in [0.717, 1.165) is 22.7 Å². The minimum atomic E-state index is -3.03. The molecule has 12 nitrogen and oxygen atoms in total. The number of fused-ring (bicyclic) bond motifs is 1. The van der Waals surface area contributed by atoms with E-state index in [2.05, 4.69) is 15.0 Å². The van der Waals surface area contributed by atoms with E-state index in [0.29, 0.717) is 6.42 Å². The number of nitrogens with one attached hydrogen (secondary N) is 1. The fraction of sp³-hybridized carbons (Fsp3) is 0.600. The number of aliphatic hydroxyl groups is 1. The average molecular weight is 532 g/mol. The molecule has 15 heteroatoms. The lowest BCUT2D eigenvalue weighted by Crippen LogP contribution is -2.42. The van der Waals surface area contributed by atoms with Gasteiger partial charge in [-0.25, -0.2) is 9.37 Å². The van der Waals surface area contributed by atoms with Gasteiger partial charge < -0.3 is 24.6 Å². The molecule has 0 aliphatic carbocycles. The Labute approximate surface area is 205 Å². The first kappa shape index (κ1) is 27.3. The molecule has 0 spiro atoms. The van der Waals surface area contributed by atoms with Crippen molar-refractivity contribution in [2.45, 2.75) is 51.3 Å². The fourth-order valence-corrected chi connectivity index (χ4v) is 4.90. The van der Waals surface area contributed by atoms with Gasteiger partial charge in [0.15, 0.2) is 22.5 Å². The molecule has 35 heavy (non-hydrogen) atoms. The van der Waals surface area contributed by atoms with Crippen LogP contribution in [0.2, 0.25) is 0 Å². The Morgan fingerprint density at radius 2 is 2.26 bits per heavy atom. The van der Waals surface area contributed by atoms with Crippen molar-refractivity contribution in [2.24, 2.45) is 5.41 Å². The Bertz CT molecular complexity index is 1210. The number of rotatable bonds is 10. The number of anilines is 1. The molecule has 1 fully saturated rings. The molecule has 0 amide bonds. The number of alkyl halides is 1. The molecule has 4 N–H and O–H groups in total. The molecule has 0 radical (unpaired) electrons. The van der Waals surface area contributed by atoms with Gasteiger partial charge in [-0.2, -0.15) is 4.98 Å². The van der Waals surface area contributed by atoms with Crippen LogP contribution in [0.5, 0.6) is 0 Å². The average Bonchev–Trinajstić information content (AvgIpc) is 3.34. The minimum absolute atomic E-state index is 0.00320. The second-order valence-corrected chi connectivity index (χ2v) is 10.6. The molecule has 0 saturated carbocycles. The summed E-state index contributed by atoms with van der Waals surface area (Å²) in [5.41, 5.74) is 1.47. The molecule has 2 aromatic heterocycles. The van der Waals surface area contributed by atoms with Crippen molar-refractivity contribution in [3.8, 4) is 12.3 Å². The third-order valence-corrected chi connectivity index (χ3v) is 7.74. The lowest BCUT2D eigenvalue weighted by atomic mass is 9.92. The number of carbonyl (C=O) groups is 1. The minimum Gasteiger partial charge on any atom is -0.386 e. The molecule has 2 aromatic rings. The van der Waals surface area contributed by atoms with E-state index in [1.807, 2.05) is 26.7 Å². The zero-order valence-electron chi connectivity index (χ0n) is 19.3. The standard InChI is InChI=1S/C20H27FN5O7PS/c1-5-19(3,4)17(29)35-8-7-31-34(30)32-9-11-13(27)20(21,6-2)16(33-11)26-10-23-12-14(26)24-18(22)25-15(12)28/h2,10-11,13,16,27,34H,5,7-9H2,1,3-4H3,(H3,22,24,25,28)/t11-,13+,16-,20?/m1/s1. The van der Waals surface area contributed by atoms with Gasteiger partial charge in [0, 0.05) is 11.2 Å². The van der Waals surface area contributed by atoms with Crippen LogP contribution in [-0.4, -0.2) is 66.6 Å². The van der Waals surface area contributed by atoms with Gasteiger partial charge in [-0.3, -0.25) is 23.7 Å². The summed E-state index contributed by atoms with van der Waals surface area (Å²) >= 11 is 1.07. The van der Waals surface area contributed by atoms with Crippen molar-refractivity contribution in [1.82, 2.24) is 19.5 Å². The summed E-state index contributed by atoms with van der Waals surface area (Å²) in [7, 11) is -3.03. The number of nitrogen functional groups attached to an aromatic ring is 1. The maximum absolute atomic E-state index is 15.6. The van der Waals surface area contributed by atoms with Crippen LogP contribution in [0, 0.1) is 17.8 Å². The summed E-state index contributed by atoms with van der Waals surface area (Å²) in [6.07, 6.45) is 2.32. The number of nitrogens with zero attached hydrogens (tertiary/aromatic N) is 3. The van der Waals surface area contributed by atoms with E-state index >= 15 is 4.39 Å². The normalized spacial score (nSPS) is 25.5. The molecular weight excluding hydrogens is 504 g/mol. The molecule has 0 bridgehead atoms. The zero-order chi connectivity index (χ0) is 26.0. The Kier molecular flexibility index (Phi) is 8.41. The van der Waals surface area contributed by atoms with Crippen LogP contribution in [0.25, 0.3) is 11.2 Å². The number of aromatic amines is 1. The van der Waals surface area contributed by atoms with Gasteiger partial charge in [-0.15, -0.1) is 6.42 Å². The van der Waals surface area contributed by atoms with Gasteiger partial charge in [0.25, 0.3) is 5.56 Å². The Hall–Kier alpha value is -2.27. The zero-order valence-corrected chi connectivity index (χ0v) is 21.1. The summed E-state index contributed by atoms with van der Waals surface area (Å²) in [4.78, 5) is 34.2. The van der Waals surface area contributed by atoms with Crippen LogP contribution >= 0.6 is 20.0 Å². The monoisotopic (exact) mass is 531 g/mol. The second-order valence-electron chi connectivity index (χ2n) is 8.44. The maximum atomic E-state index is 15.6. The quantitative estimate of drug-likeness (QED) is 0.230. The van der Waals surface area contributed by atoms with Crippen LogP contribution in [0.15, 0.2) is 11.1 Å². The number of imidazole rings is 1. The predicted molar refractivity (Wildman–Crippen MR) is 128 cm³/mol. The SMILES string of the molecule is C#CC1(F)[C@@H](O)[C@@H](CO[PH](=O)OCCSC(=O)C(C)(C)CC)O[C@H]1n1cnc2c(=O)[nH]c(N)nc21. The fourth-order valence-electron chi connectivity index (χ4n) is 3.22. The van der Waals surface area contributed by atoms with Gasteiger partial charge >= 0.3 is 8.25 Å². The molecule has 1 aliphatic rings. The molecule has 1 saturated heterocycles. The maximum Gasteiger partial charge on any atom is 0.319 e. The first-order valence-corrected chi connectivity index (χ1v) is 12.8. The third-order valence-electron chi connectivity index (χ3n) is 5.71. The summed E-state index contributed by atoms with van der Waals surface area (Å²) in [6, 6.07) is 0. The molecule has 3 rings (SSSR count). The second kappa shape index (κ2) is 10.8. The number of thioether (sulfide) groups is 1. The van der Waals surface area contributed by atoms with Crippen LogP contribution in [0.1, 0.15) is 33.4 Å². The van der Waals surface area contributed by atoms with E-state index in [-0.39, 0.29) is 34.6 Å². The van der Waals surface area contributed by atoms with Gasteiger partial charge in [0.1, 0.15) is 12.2 Å². The number of halogens is 1. The van der Waals surface area contributed by atoms with Gasteiger partial charge in [0.05, 0.1) is 19.5 Å².